The van der Waals surface area contributed by atoms with Gasteiger partial charge in [0.05, 0.1) is 0 Å². The number of hydrogen-bond donors (Lipinski definition) is 0. The summed E-state index contributed by atoms with van der Waals surface area (Å²) in [5.41, 5.74) is 4.87. The van der Waals surface area contributed by atoms with Gasteiger partial charge in [-0.05, 0) is 26.2 Å². The molecule has 0 spiro atoms. The molecule has 68 valence electrons. The minimum atomic E-state index is 1.27. The van der Waals surface area contributed by atoms with E-state index in [1.54, 1.807) is 16.7 Å². The molecule has 0 unspecified atom stereocenters. The lowest BCUT2D eigenvalue weighted by atomic mass is 10.0. The summed E-state index contributed by atoms with van der Waals surface area (Å²) in [6, 6.07) is 0. The average Bonchev–Trinajstić information content (AvgIpc) is 2.34. The zero-order chi connectivity index (χ0) is 8.97. The fraction of sp³-hybridized carbons (Fsp3) is 0.667. The SMILES string of the molecule is CCCC1=CC(C)=C(CCC)C1. The van der Waals surface area contributed by atoms with Gasteiger partial charge in [-0.1, -0.05) is 49.5 Å². The van der Waals surface area contributed by atoms with Crippen LogP contribution in [0.25, 0.3) is 0 Å². The Hall–Kier alpha value is -0.520. The maximum absolute atomic E-state index is 2.40. The quantitative estimate of drug-likeness (QED) is 0.583. The Bertz CT molecular complexity index is 206. The van der Waals surface area contributed by atoms with Crippen LogP contribution in [0.5, 0.6) is 0 Å². The highest BCUT2D eigenvalue weighted by molar-refractivity contribution is 5.37. The van der Waals surface area contributed by atoms with E-state index in [4.69, 9.17) is 0 Å². The highest BCUT2D eigenvalue weighted by Crippen LogP contribution is 2.30. The molecule has 0 radical (unpaired) electrons. The lowest BCUT2D eigenvalue weighted by Gasteiger charge is -2.02. The summed E-state index contributed by atoms with van der Waals surface area (Å²) in [6.45, 7) is 6.78. The summed E-state index contributed by atoms with van der Waals surface area (Å²) in [6.07, 6.45) is 8.85. The van der Waals surface area contributed by atoms with Crippen molar-refractivity contribution in [2.45, 2.75) is 52.9 Å². The third kappa shape index (κ3) is 2.23. The molecule has 0 atom stereocenters. The van der Waals surface area contributed by atoms with E-state index in [9.17, 15) is 0 Å². The van der Waals surface area contributed by atoms with Gasteiger partial charge in [0, 0.05) is 0 Å². The molecule has 0 amide bonds. The van der Waals surface area contributed by atoms with Crippen LogP contribution in [0.4, 0.5) is 0 Å². The van der Waals surface area contributed by atoms with Gasteiger partial charge in [0.1, 0.15) is 0 Å². The van der Waals surface area contributed by atoms with Gasteiger partial charge in [0.25, 0.3) is 0 Å². The third-order valence-electron chi connectivity index (χ3n) is 2.54. The molecule has 0 bridgehead atoms. The van der Waals surface area contributed by atoms with Crippen molar-refractivity contribution < 1.29 is 0 Å². The van der Waals surface area contributed by atoms with Crippen molar-refractivity contribution in [2.24, 2.45) is 0 Å². The lowest BCUT2D eigenvalue weighted by Crippen LogP contribution is -1.83. The highest BCUT2D eigenvalue weighted by atomic mass is 14.2. The van der Waals surface area contributed by atoms with E-state index in [2.05, 4.69) is 26.8 Å². The molecular formula is C12H20. The predicted molar refractivity (Wildman–Crippen MR) is 55.2 cm³/mol. The molecule has 0 fully saturated rings. The van der Waals surface area contributed by atoms with E-state index >= 15 is 0 Å². The number of hydrogen-bond acceptors (Lipinski definition) is 0. The zero-order valence-corrected chi connectivity index (χ0v) is 8.61. The summed E-state index contributed by atoms with van der Waals surface area (Å²) >= 11 is 0. The van der Waals surface area contributed by atoms with Gasteiger partial charge in [-0.2, -0.15) is 0 Å². The predicted octanol–water partition coefficient (Wildman–Crippen LogP) is 4.23. The van der Waals surface area contributed by atoms with Gasteiger partial charge in [-0.15, -0.1) is 0 Å². The maximum Gasteiger partial charge on any atom is -0.00995 e. The molecule has 0 heterocycles. The van der Waals surface area contributed by atoms with Crippen LogP contribution < -0.4 is 0 Å². The van der Waals surface area contributed by atoms with E-state index in [1.165, 1.54) is 32.1 Å². The van der Waals surface area contributed by atoms with Crippen molar-refractivity contribution in [3.05, 3.63) is 22.8 Å². The van der Waals surface area contributed by atoms with Crippen LogP contribution in [0.15, 0.2) is 22.8 Å². The fourth-order valence-corrected chi connectivity index (χ4v) is 1.94. The molecule has 0 aromatic carbocycles. The van der Waals surface area contributed by atoms with Crippen molar-refractivity contribution in [1.29, 1.82) is 0 Å². The summed E-state index contributed by atoms with van der Waals surface area (Å²) in [5.74, 6) is 0. The average molecular weight is 164 g/mol. The second-order valence-electron chi connectivity index (χ2n) is 3.77. The number of allylic oxidation sites excluding steroid dienone is 4. The van der Waals surface area contributed by atoms with E-state index in [0.29, 0.717) is 0 Å². The molecule has 12 heavy (non-hydrogen) atoms. The van der Waals surface area contributed by atoms with Crippen LogP contribution in [-0.2, 0) is 0 Å². The summed E-state index contributed by atoms with van der Waals surface area (Å²) < 4.78 is 0. The summed E-state index contributed by atoms with van der Waals surface area (Å²) in [4.78, 5) is 0. The molecule has 0 N–H and O–H groups in total. The second kappa shape index (κ2) is 4.49. The van der Waals surface area contributed by atoms with Crippen LogP contribution >= 0.6 is 0 Å². The molecule has 1 aliphatic rings. The Morgan fingerprint density at radius 2 is 1.83 bits per heavy atom. The fourth-order valence-electron chi connectivity index (χ4n) is 1.94. The molecule has 0 heteroatoms. The molecule has 0 aromatic heterocycles. The molecule has 1 aliphatic carbocycles. The largest absolute Gasteiger partial charge is 0.0659 e. The maximum atomic E-state index is 2.40. The van der Waals surface area contributed by atoms with Gasteiger partial charge in [0.2, 0.25) is 0 Å². The molecule has 0 aromatic rings. The second-order valence-corrected chi connectivity index (χ2v) is 3.77. The molecular weight excluding hydrogens is 144 g/mol. The molecule has 0 saturated carbocycles. The minimum absolute atomic E-state index is 1.27. The van der Waals surface area contributed by atoms with Gasteiger partial charge in [-0.25, -0.2) is 0 Å². The van der Waals surface area contributed by atoms with Crippen LogP contribution in [0, 0.1) is 0 Å². The van der Waals surface area contributed by atoms with Crippen molar-refractivity contribution in [3.63, 3.8) is 0 Å². The first-order valence-corrected chi connectivity index (χ1v) is 5.16. The first kappa shape index (κ1) is 9.57. The Balaban J connectivity index is 2.48. The van der Waals surface area contributed by atoms with Crippen molar-refractivity contribution in [1.82, 2.24) is 0 Å². The van der Waals surface area contributed by atoms with Gasteiger partial charge in [-0.3, -0.25) is 0 Å². The topological polar surface area (TPSA) is 0 Å². The Morgan fingerprint density at radius 3 is 2.42 bits per heavy atom. The smallest absolute Gasteiger partial charge is 0.00995 e. The van der Waals surface area contributed by atoms with E-state index in [-0.39, 0.29) is 0 Å². The Labute approximate surface area is 76.4 Å². The van der Waals surface area contributed by atoms with Gasteiger partial charge in [0.15, 0.2) is 0 Å². The van der Waals surface area contributed by atoms with Crippen LogP contribution in [0.3, 0.4) is 0 Å². The molecule has 0 nitrogen and oxygen atoms in total. The Kier molecular flexibility index (Phi) is 3.58. The number of rotatable bonds is 4. The molecule has 0 saturated heterocycles. The van der Waals surface area contributed by atoms with Gasteiger partial charge < -0.3 is 0 Å². The summed E-state index contributed by atoms with van der Waals surface area (Å²) in [7, 11) is 0. The normalized spacial score (nSPS) is 17.1. The monoisotopic (exact) mass is 164 g/mol. The highest BCUT2D eigenvalue weighted by Gasteiger charge is 2.10. The van der Waals surface area contributed by atoms with Crippen LogP contribution in [-0.4, -0.2) is 0 Å². The van der Waals surface area contributed by atoms with E-state index in [1.807, 2.05) is 0 Å². The van der Waals surface area contributed by atoms with Crippen molar-refractivity contribution in [3.8, 4) is 0 Å². The van der Waals surface area contributed by atoms with Crippen molar-refractivity contribution in [2.75, 3.05) is 0 Å². The first-order valence-electron chi connectivity index (χ1n) is 5.16. The van der Waals surface area contributed by atoms with Crippen LogP contribution in [0.2, 0.25) is 0 Å². The lowest BCUT2D eigenvalue weighted by molar-refractivity contribution is 0.829. The minimum Gasteiger partial charge on any atom is -0.0659 e. The van der Waals surface area contributed by atoms with Crippen molar-refractivity contribution >= 4 is 0 Å². The first-order chi connectivity index (χ1) is 5.77. The van der Waals surface area contributed by atoms with E-state index < -0.39 is 0 Å². The Morgan fingerprint density at radius 1 is 1.17 bits per heavy atom. The standard InChI is InChI=1S/C12H20/c1-4-6-11-8-10(3)12(9-11)7-5-2/h8H,4-7,9H2,1-3H3. The van der Waals surface area contributed by atoms with Gasteiger partial charge >= 0.3 is 0 Å². The third-order valence-corrected chi connectivity index (χ3v) is 2.54. The molecule has 0 aliphatic heterocycles. The molecule has 1 rings (SSSR count). The summed E-state index contributed by atoms with van der Waals surface area (Å²) in [5, 5.41) is 0. The zero-order valence-electron chi connectivity index (χ0n) is 8.61. The van der Waals surface area contributed by atoms with E-state index in [0.717, 1.165) is 0 Å². The van der Waals surface area contributed by atoms with Crippen LogP contribution in [0.1, 0.15) is 52.9 Å².